The van der Waals surface area contributed by atoms with E-state index in [-0.39, 0.29) is 42.4 Å². The normalized spacial score (nSPS) is 17.6. The van der Waals surface area contributed by atoms with Crippen LogP contribution < -0.4 is 9.80 Å². The second-order valence-electron chi connectivity index (χ2n) is 8.16. The number of halogens is 3. The average Bonchev–Trinajstić information content (AvgIpc) is 2.82. The molecule has 7 nitrogen and oxygen atoms in total. The van der Waals surface area contributed by atoms with Crippen molar-refractivity contribution in [1.82, 2.24) is 9.88 Å². The van der Waals surface area contributed by atoms with E-state index in [1.165, 1.54) is 35.2 Å². The van der Waals surface area contributed by atoms with Gasteiger partial charge >= 0.3 is 0 Å². The zero-order valence-electron chi connectivity index (χ0n) is 18.1. The molecule has 1 fully saturated rings. The Bertz CT molecular complexity index is 1370. The Kier molecular flexibility index (Phi) is 4.96. The van der Waals surface area contributed by atoms with Crippen LogP contribution in [0.25, 0.3) is 22.0 Å². The van der Waals surface area contributed by atoms with Crippen LogP contribution in [0.3, 0.4) is 0 Å². The SMILES string of the molecule is C=CC(=O)N1CCN2c3c(cnc4c(F)c(-c5c(O)cccc5F)c(F)cc34)N(C)C(=O)[C@H]2C1. The molecule has 174 valence electrons. The minimum absolute atomic E-state index is 0.0867. The van der Waals surface area contributed by atoms with Crippen molar-refractivity contribution in [3.05, 3.63) is 60.6 Å². The third kappa shape index (κ3) is 3.01. The molecule has 34 heavy (non-hydrogen) atoms. The number of phenols is 1. The van der Waals surface area contributed by atoms with E-state index >= 15 is 8.78 Å². The average molecular weight is 468 g/mol. The van der Waals surface area contributed by atoms with Crippen molar-refractivity contribution in [3.8, 4) is 16.9 Å². The van der Waals surface area contributed by atoms with E-state index in [0.717, 1.165) is 18.2 Å². The van der Waals surface area contributed by atoms with Crippen LogP contribution in [-0.2, 0) is 9.59 Å². The summed E-state index contributed by atoms with van der Waals surface area (Å²) in [5, 5.41) is 10.2. The van der Waals surface area contributed by atoms with Crippen LogP contribution in [0.1, 0.15) is 0 Å². The smallest absolute Gasteiger partial charge is 0.251 e. The van der Waals surface area contributed by atoms with Crippen LogP contribution in [0.4, 0.5) is 24.5 Å². The lowest BCUT2D eigenvalue weighted by Gasteiger charge is -2.47. The van der Waals surface area contributed by atoms with Gasteiger partial charge in [0.05, 0.1) is 35.2 Å². The standard InChI is InChI=1S/C24H19F3N4O3/c1-3-18(33)30-7-8-31-16(11-30)24(34)29(2)15-10-28-22-12(23(15)31)9-14(26)20(21(22)27)19-13(25)5-4-6-17(19)32/h3-6,9-10,16,32H,1,7-8,11H2,2H3/t16-/m1/s1. The number of carbonyl (C=O) groups is 2. The minimum Gasteiger partial charge on any atom is -0.507 e. The Labute approximate surface area is 192 Å². The van der Waals surface area contributed by atoms with Crippen LogP contribution in [0.15, 0.2) is 43.1 Å². The first kappa shape index (κ1) is 21.7. The molecule has 3 heterocycles. The number of hydrogen-bond acceptors (Lipinski definition) is 5. The molecule has 2 aliphatic heterocycles. The molecule has 1 N–H and O–H groups in total. The van der Waals surface area contributed by atoms with Gasteiger partial charge in [-0.2, -0.15) is 0 Å². The number of pyridine rings is 1. The van der Waals surface area contributed by atoms with Crippen molar-refractivity contribution in [1.29, 1.82) is 0 Å². The van der Waals surface area contributed by atoms with Crippen molar-refractivity contribution < 1.29 is 27.9 Å². The molecular formula is C24H19F3N4O3. The van der Waals surface area contributed by atoms with Gasteiger partial charge in [0.1, 0.15) is 28.9 Å². The van der Waals surface area contributed by atoms with Gasteiger partial charge in [-0.25, -0.2) is 13.2 Å². The predicted molar refractivity (Wildman–Crippen MR) is 120 cm³/mol. The summed E-state index contributed by atoms with van der Waals surface area (Å²) in [6.45, 7) is 4.10. The quantitative estimate of drug-likeness (QED) is 0.585. The molecule has 10 heteroatoms. The third-order valence-corrected chi connectivity index (χ3v) is 6.38. The molecule has 0 saturated carbocycles. The van der Waals surface area contributed by atoms with E-state index < -0.39 is 40.4 Å². The molecule has 0 spiro atoms. The second-order valence-corrected chi connectivity index (χ2v) is 8.16. The van der Waals surface area contributed by atoms with Crippen molar-refractivity contribution >= 4 is 34.1 Å². The highest BCUT2D eigenvalue weighted by atomic mass is 19.1. The molecule has 2 aromatic carbocycles. The highest BCUT2D eigenvalue weighted by Gasteiger charge is 2.42. The van der Waals surface area contributed by atoms with Crippen LogP contribution in [0, 0.1) is 17.5 Å². The van der Waals surface area contributed by atoms with E-state index in [2.05, 4.69) is 11.6 Å². The largest absolute Gasteiger partial charge is 0.507 e. The Hall–Kier alpha value is -4.08. The summed E-state index contributed by atoms with van der Waals surface area (Å²) in [6.07, 6.45) is 2.48. The summed E-state index contributed by atoms with van der Waals surface area (Å²) in [5.41, 5.74) is -0.805. The van der Waals surface area contributed by atoms with E-state index in [1.807, 2.05) is 0 Å². The molecule has 0 unspecified atom stereocenters. The number of rotatable bonds is 2. The lowest BCUT2D eigenvalue weighted by Crippen LogP contribution is -2.62. The number of fused-ring (bicyclic) bond motifs is 5. The number of likely N-dealkylation sites (N-methyl/N-ethyl adjacent to an activating group) is 1. The molecule has 1 atom stereocenters. The fourth-order valence-corrected chi connectivity index (χ4v) is 4.71. The third-order valence-electron chi connectivity index (χ3n) is 6.38. The van der Waals surface area contributed by atoms with Gasteiger partial charge in [0.15, 0.2) is 5.82 Å². The number of nitrogens with zero attached hydrogens (tertiary/aromatic N) is 4. The number of hydrogen-bond donors (Lipinski definition) is 1. The maximum Gasteiger partial charge on any atom is 0.251 e. The lowest BCUT2D eigenvalue weighted by atomic mass is 9.97. The molecule has 2 amide bonds. The van der Waals surface area contributed by atoms with Crippen LogP contribution in [0.2, 0.25) is 0 Å². The molecule has 1 saturated heterocycles. The number of aromatic nitrogens is 1. The maximum absolute atomic E-state index is 15.6. The number of anilines is 2. The first-order valence-corrected chi connectivity index (χ1v) is 10.5. The molecule has 2 aliphatic rings. The molecular weight excluding hydrogens is 449 g/mol. The minimum atomic E-state index is -1.13. The number of carbonyl (C=O) groups excluding carboxylic acids is 2. The summed E-state index contributed by atoms with van der Waals surface area (Å²) in [4.78, 5) is 33.8. The van der Waals surface area contributed by atoms with Gasteiger partial charge < -0.3 is 19.8 Å². The van der Waals surface area contributed by atoms with Gasteiger partial charge in [-0.1, -0.05) is 12.6 Å². The van der Waals surface area contributed by atoms with E-state index in [1.54, 1.807) is 4.90 Å². The topological polar surface area (TPSA) is 77.0 Å². The van der Waals surface area contributed by atoms with Gasteiger partial charge in [-0.15, -0.1) is 0 Å². The van der Waals surface area contributed by atoms with Gasteiger partial charge in [0.25, 0.3) is 5.91 Å². The fraction of sp³-hybridized carbons (Fsp3) is 0.208. The Balaban J connectivity index is 1.72. The summed E-state index contributed by atoms with van der Waals surface area (Å²) in [6, 6.07) is 3.63. The molecule has 0 bridgehead atoms. The number of piperazine rings is 1. The Morgan fingerprint density at radius 2 is 1.97 bits per heavy atom. The number of phenolic OH excluding ortho intramolecular Hbond substituents is 1. The van der Waals surface area contributed by atoms with Crippen LogP contribution in [-0.4, -0.2) is 59.5 Å². The maximum atomic E-state index is 15.6. The van der Waals surface area contributed by atoms with Gasteiger partial charge in [0.2, 0.25) is 5.91 Å². The van der Waals surface area contributed by atoms with Crippen LogP contribution >= 0.6 is 0 Å². The van der Waals surface area contributed by atoms with E-state index in [4.69, 9.17) is 0 Å². The summed E-state index contributed by atoms with van der Waals surface area (Å²) in [7, 11) is 1.53. The summed E-state index contributed by atoms with van der Waals surface area (Å²) in [5.74, 6) is -4.41. The molecule has 3 aromatic rings. The van der Waals surface area contributed by atoms with E-state index in [9.17, 15) is 19.1 Å². The van der Waals surface area contributed by atoms with Gasteiger partial charge in [-0.05, 0) is 24.3 Å². The molecule has 0 radical (unpaired) electrons. The molecule has 0 aliphatic carbocycles. The number of amides is 2. The van der Waals surface area contributed by atoms with Crippen molar-refractivity contribution in [2.45, 2.75) is 6.04 Å². The molecule has 1 aromatic heterocycles. The van der Waals surface area contributed by atoms with Crippen molar-refractivity contribution in [3.63, 3.8) is 0 Å². The predicted octanol–water partition coefficient (Wildman–Crippen LogP) is 3.20. The van der Waals surface area contributed by atoms with Gasteiger partial charge in [0, 0.05) is 25.5 Å². The summed E-state index contributed by atoms with van der Waals surface area (Å²) < 4.78 is 45.3. The van der Waals surface area contributed by atoms with E-state index in [0.29, 0.717) is 11.4 Å². The number of benzene rings is 2. The monoisotopic (exact) mass is 468 g/mol. The zero-order chi connectivity index (χ0) is 24.3. The zero-order valence-corrected chi connectivity index (χ0v) is 18.1. The van der Waals surface area contributed by atoms with Gasteiger partial charge in [-0.3, -0.25) is 14.6 Å². The Morgan fingerprint density at radius 3 is 2.68 bits per heavy atom. The lowest BCUT2D eigenvalue weighted by molar-refractivity contribution is -0.128. The first-order valence-electron chi connectivity index (χ1n) is 10.5. The summed E-state index contributed by atoms with van der Waals surface area (Å²) >= 11 is 0. The highest BCUT2D eigenvalue weighted by molar-refractivity contribution is 6.12. The highest BCUT2D eigenvalue weighted by Crippen LogP contribution is 2.45. The van der Waals surface area contributed by atoms with Crippen molar-refractivity contribution in [2.75, 3.05) is 36.5 Å². The fourth-order valence-electron chi connectivity index (χ4n) is 4.71. The van der Waals surface area contributed by atoms with Crippen LogP contribution in [0.5, 0.6) is 5.75 Å². The number of aromatic hydroxyl groups is 1. The van der Waals surface area contributed by atoms with Crippen molar-refractivity contribution in [2.24, 2.45) is 0 Å². The second kappa shape index (κ2) is 7.75. The molecule has 5 rings (SSSR count). The Morgan fingerprint density at radius 1 is 1.21 bits per heavy atom. The first-order chi connectivity index (χ1) is 16.2.